The number of methoxy groups -OCH3 is 1. The molecular formula is C17H18O. The van der Waals surface area contributed by atoms with Crippen molar-refractivity contribution >= 4 is 0 Å². The molecule has 1 nitrogen and oxygen atoms in total. The van der Waals surface area contributed by atoms with Crippen LogP contribution in [0, 0.1) is 0 Å². The normalized spacial score (nSPS) is 18.2. The Balaban J connectivity index is 1.97. The Morgan fingerprint density at radius 1 is 1.00 bits per heavy atom. The van der Waals surface area contributed by atoms with Gasteiger partial charge in [0.15, 0.2) is 0 Å². The van der Waals surface area contributed by atoms with Crippen molar-refractivity contribution in [1.82, 2.24) is 0 Å². The van der Waals surface area contributed by atoms with Gasteiger partial charge in [-0.3, -0.25) is 0 Å². The molecule has 92 valence electrons. The molecule has 0 fully saturated rings. The fraction of sp³-hybridized carbons (Fsp3) is 0.294. The molecule has 0 bridgehead atoms. The smallest absolute Gasteiger partial charge is 0.118 e. The van der Waals surface area contributed by atoms with E-state index in [2.05, 4.69) is 48.5 Å². The summed E-state index contributed by atoms with van der Waals surface area (Å²) in [5.74, 6) is 1.49. The number of fused-ring (bicyclic) bond motifs is 1. The van der Waals surface area contributed by atoms with Crippen LogP contribution in [0.2, 0.25) is 0 Å². The van der Waals surface area contributed by atoms with E-state index in [9.17, 15) is 0 Å². The molecule has 2 aromatic rings. The van der Waals surface area contributed by atoms with Gasteiger partial charge in [-0.05, 0) is 48.1 Å². The minimum Gasteiger partial charge on any atom is -0.497 e. The Morgan fingerprint density at radius 3 is 2.56 bits per heavy atom. The zero-order valence-electron chi connectivity index (χ0n) is 10.7. The molecule has 0 saturated heterocycles. The number of ether oxygens (including phenoxy) is 1. The molecular weight excluding hydrogens is 220 g/mol. The highest BCUT2D eigenvalue weighted by Crippen LogP contribution is 2.36. The van der Waals surface area contributed by atoms with Gasteiger partial charge in [0.1, 0.15) is 5.75 Å². The van der Waals surface area contributed by atoms with Crippen molar-refractivity contribution in [3.8, 4) is 5.75 Å². The van der Waals surface area contributed by atoms with Crippen LogP contribution in [0.15, 0.2) is 48.5 Å². The van der Waals surface area contributed by atoms with Gasteiger partial charge in [-0.1, -0.05) is 36.4 Å². The minimum absolute atomic E-state index is 0.556. The monoisotopic (exact) mass is 238 g/mol. The van der Waals surface area contributed by atoms with Crippen molar-refractivity contribution in [2.45, 2.75) is 25.2 Å². The van der Waals surface area contributed by atoms with E-state index in [0.717, 1.165) is 5.75 Å². The van der Waals surface area contributed by atoms with E-state index in [-0.39, 0.29) is 0 Å². The Bertz CT molecular complexity index is 528. The van der Waals surface area contributed by atoms with Crippen molar-refractivity contribution in [2.75, 3.05) is 7.11 Å². The van der Waals surface area contributed by atoms with Crippen LogP contribution in [0.3, 0.4) is 0 Å². The highest BCUT2D eigenvalue weighted by atomic mass is 16.5. The largest absolute Gasteiger partial charge is 0.497 e. The summed E-state index contributed by atoms with van der Waals surface area (Å²) in [6, 6.07) is 17.4. The third kappa shape index (κ3) is 2.01. The molecule has 2 aromatic carbocycles. The molecule has 1 heteroatoms. The van der Waals surface area contributed by atoms with Gasteiger partial charge in [0.05, 0.1) is 7.11 Å². The lowest BCUT2D eigenvalue weighted by molar-refractivity contribution is 0.414. The molecule has 0 N–H and O–H groups in total. The zero-order valence-corrected chi connectivity index (χ0v) is 10.7. The molecule has 0 unspecified atom stereocenters. The molecule has 1 aliphatic rings. The van der Waals surface area contributed by atoms with Crippen LogP contribution in [0.1, 0.15) is 35.4 Å². The third-order valence-electron chi connectivity index (χ3n) is 3.89. The topological polar surface area (TPSA) is 9.23 Å². The Morgan fingerprint density at radius 2 is 1.78 bits per heavy atom. The van der Waals surface area contributed by atoms with Gasteiger partial charge >= 0.3 is 0 Å². The zero-order chi connectivity index (χ0) is 12.4. The van der Waals surface area contributed by atoms with Gasteiger partial charge in [-0.25, -0.2) is 0 Å². The Kier molecular flexibility index (Phi) is 3.06. The summed E-state index contributed by atoms with van der Waals surface area (Å²) in [5.41, 5.74) is 4.43. The van der Waals surface area contributed by atoms with Crippen LogP contribution in [0.4, 0.5) is 0 Å². The number of benzene rings is 2. The van der Waals surface area contributed by atoms with Crippen LogP contribution in [-0.2, 0) is 6.42 Å². The summed E-state index contributed by atoms with van der Waals surface area (Å²) in [4.78, 5) is 0. The molecule has 0 aromatic heterocycles. The van der Waals surface area contributed by atoms with Crippen molar-refractivity contribution in [3.05, 3.63) is 65.2 Å². The minimum atomic E-state index is 0.556. The van der Waals surface area contributed by atoms with E-state index in [1.165, 1.54) is 36.0 Å². The van der Waals surface area contributed by atoms with E-state index < -0.39 is 0 Å². The number of aryl methyl sites for hydroxylation is 1. The van der Waals surface area contributed by atoms with E-state index in [0.29, 0.717) is 5.92 Å². The van der Waals surface area contributed by atoms with Crippen LogP contribution in [0.25, 0.3) is 0 Å². The lowest BCUT2D eigenvalue weighted by atomic mass is 9.79. The van der Waals surface area contributed by atoms with E-state index in [1.54, 1.807) is 7.11 Å². The number of hydrogen-bond donors (Lipinski definition) is 0. The summed E-state index contributed by atoms with van der Waals surface area (Å²) in [6.45, 7) is 0. The molecule has 0 heterocycles. The van der Waals surface area contributed by atoms with E-state index in [4.69, 9.17) is 4.74 Å². The van der Waals surface area contributed by atoms with E-state index >= 15 is 0 Å². The molecule has 0 radical (unpaired) electrons. The van der Waals surface area contributed by atoms with Crippen molar-refractivity contribution in [1.29, 1.82) is 0 Å². The third-order valence-corrected chi connectivity index (χ3v) is 3.89. The van der Waals surface area contributed by atoms with Gasteiger partial charge in [0.2, 0.25) is 0 Å². The summed E-state index contributed by atoms with van der Waals surface area (Å²) in [5, 5.41) is 0. The van der Waals surface area contributed by atoms with Crippen LogP contribution < -0.4 is 4.74 Å². The van der Waals surface area contributed by atoms with Gasteiger partial charge in [0, 0.05) is 5.92 Å². The molecule has 1 aliphatic carbocycles. The first-order valence-electron chi connectivity index (χ1n) is 6.60. The van der Waals surface area contributed by atoms with Crippen LogP contribution in [0.5, 0.6) is 5.75 Å². The SMILES string of the molecule is COc1ccc([C@@H]2CCCc3ccccc32)cc1. The summed E-state index contributed by atoms with van der Waals surface area (Å²) in [6.07, 6.45) is 3.76. The molecule has 0 amide bonds. The predicted octanol–water partition coefficient (Wildman–Crippen LogP) is 4.16. The summed E-state index contributed by atoms with van der Waals surface area (Å²) >= 11 is 0. The highest BCUT2D eigenvalue weighted by molar-refractivity contribution is 5.41. The molecule has 1 atom stereocenters. The second-order valence-electron chi connectivity index (χ2n) is 4.92. The number of hydrogen-bond acceptors (Lipinski definition) is 1. The average Bonchev–Trinajstić information content (AvgIpc) is 2.47. The highest BCUT2D eigenvalue weighted by Gasteiger charge is 2.20. The fourth-order valence-corrected chi connectivity index (χ4v) is 2.94. The molecule has 0 spiro atoms. The van der Waals surface area contributed by atoms with Crippen LogP contribution in [-0.4, -0.2) is 7.11 Å². The Labute approximate surface area is 108 Å². The van der Waals surface area contributed by atoms with Gasteiger partial charge in [-0.15, -0.1) is 0 Å². The van der Waals surface area contributed by atoms with Crippen molar-refractivity contribution < 1.29 is 4.74 Å². The van der Waals surface area contributed by atoms with Gasteiger partial charge < -0.3 is 4.74 Å². The first-order chi connectivity index (χ1) is 8.88. The second kappa shape index (κ2) is 4.85. The maximum absolute atomic E-state index is 5.23. The van der Waals surface area contributed by atoms with Crippen molar-refractivity contribution in [2.24, 2.45) is 0 Å². The fourth-order valence-electron chi connectivity index (χ4n) is 2.94. The van der Waals surface area contributed by atoms with Gasteiger partial charge in [-0.2, -0.15) is 0 Å². The quantitative estimate of drug-likeness (QED) is 0.763. The lowest BCUT2D eigenvalue weighted by Crippen LogP contribution is -2.10. The van der Waals surface area contributed by atoms with Crippen LogP contribution >= 0.6 is 0 Å². The average molecular weight is 238 g/mol. The maximum atomic E-state index is 5.23. The standard InChI is InChI=1S/C17H18O/c1-18-15-11-9-14(10-12-15)17-8-4-6-13-5-2-3-7-16(13)17/h2-3,5,7,9-12,17H,4,6,8H2,1H3/t17-/m0/s1. The summed E-state index contributed by atoms with van der Waals surface area (Å²) < 4.78 is 5.23. The molecule has 18 heavy (non-hydrogen) atoms. The lowest BCUT2D eigenvalue weighted by Gasteiger charge is -2.26. The predicted molar refractivity (Wildman–Crippen MR) is 74.2 cm³/mol. The number of rotatable bonds is 2. The van der Waals surface area contributed by atoms with Gasteiger partial charge in [0.25, 0.3) is 0 Å². The van der Waals surface area contributed by atoms with E-state index in [1.807, 2.05) is 0 Å². The Hall–Kier alpha value is -1.76. The molecule has 3 rings (SSSR count). The first-order valence-corrected chi connectivity index (χ1v) is 6.60. The molecule has 0 saturated carbocycles. The summed E-state index contributed by atoms with van der Waals surface area (Å²) in [7, 11) is 1.71. The first kappa shape index (κ1) is 11.3. The van der Waals surface area contributed by atoms with Crippen molar-refractivity contribution in [3.63, 3.8) is 0 Å². The maximum Gasteiger partial charge on any atom is 0.118 e. The second-order valence-corrected chi connectivity index (χ2v) is 4.92. The molecule has 0 aliphatic heterocycles.